The maximum absolute atomic E-state index is 14.1. The molecular weight excluding hydrogens is 551 g/mol. The Morgan fingerprint density at radius 1 is 1.10 bits per heavy atom. The maximum Gasteiger partial charge on any atom is 0.430 e. The van der Waals surface area contributed by atoms with E-state index in [2.05, 4.69) is 4.98 Å². The lowest BCUT2D eigenvalue weighted by molar-refractivity contribution is -0.262. The predicted molar refractivity (Wildman–Crippen MR) is 141 cm³/mol. The van der Waals surface area contributed by atoms with E-state index in [-0.39, 0.29) is 47.0 Å². The van der Waals surface area contributed by atoms with E-state index in [4.69, 9.17) is 21.1 Å². The third-order valence-corrected chi connectivity index (χ3v) is 8.35. The van der Waals surface area contributed by atoms with Crippen molar-refractivity contribution in [3.05, 3.63) is 52.7 Å². The van der Waals surface area contributed by atoms with E-state index in [9.17, 15) is 27.9 Å². The molecular formula is C28H33ClF3N3O5. The van der Waals surface area contributed by atoms with Crippen LogP contribution in [0.3, 0.4) is 0 Å². The van der Waals surface area contributed by atoms with E-state index in [0.29, 0.717) is 31.6 Å². The van der Waals surface area contributed by atoms with Gasteiger partial charge in [-0.2, -0.15) is 13.2 Å². The Morgan fingerprint density at radius 3 is 2.30 bits per heavy atom. The molecule has 12 heteroatoms. The van der Waals surface area contributed by atoms with Gasteiger partial charge in [-0.05, 0) is 62.1 Å². The molecule has 1 unspecified atom stereocenters. The molecule has 2 heterocycles. The van der Waals surface area contributed by atoms with Gasteiger partial charge in [-0.25, -0.2) is 4.98 Å². The van der Waals surface area contributed by atoms with Crippen molar-refractivity contribution in [2.75, 3.05) is 34.3 Å². The van der Waals surface area contributed by atoms with Gasteiger partial charge in [0.2, 0.25) is 5.88 Å². The molecule has 1 aromatic carbocycles. The first kappa shape index (κ1) is 29.9. The highest BCUT2D eigenvalue weighted by Crippen LogP contribution is 2.47. The fourth-order valence-corrected chi connectivity index (χ4v) is 5.77. The molecule has 2 aliphatic rings. The zero-order valence-corrected chi connectivity index (χ0v) is 23.4. The number of nitrogens with zero attached hydrogens (tertiary/aromatic N) is 3. The number of alkyl halides is 3. The number of aromatic nitrogens is 1. The van der Waals surface area contributed by atoms with Crippen LogP contribution in [-0.4, -0.2) is 78.3 Å². The molecule has 1 spiro atoms. The molecule has 1 atom stereocenters. The molecule has 8 nitrogen and oxygen atoms in total. The lowest BCUT2D eigenvalue weighted by Crippen LogP contribution is -2.58. The number of halogens is 4. The Balaban J connectivity index is 1.37. The maximum atomic E-state index is 14.1. The van der Waals surface area contributed by atoms with Gasteiger partial charge in [0.25, 0.3) is 17.4 Å². The first-order chi connectivity index (χ1) is 18.8. The zero-order valence-electron chi connectivity index (χ0n) is 22.6. The summed E-state index contributed by atoms with van der Waals surface area (Å²) in [7, 11) is 4.55. The van der Waals surface area contributed by atoms with Crippen molar-refractivity contribution < 1.29 is 37.3 Å². The fourth-order valence-electron chi connectivity index (χ4n) is 5.55. The average Bonchev–Trinajstić information content (AvgIpc) is 2.93. The van der Waals surface area contributed by atoms with Gasteiger partial charge in [0.15, 0.2) is 0 Å². The van der Waals surface area contributed by atoms with Gasteiger partial charge in [0.1, 0.15) is 17.0 Å². The van der Waals surface area contributed by atoms with Gasteiger partial charge in [0, 0.05) is 38.8 Å². The first-order valence-corrected chi connectivity index (χ1v) is 13.5. The van der Waals surface area contributed by atoms with E-state index in [1.807, 2.05) is 0 Å². The number of rotatable bonds is 6. The molecule has 2 aromatic rings. The molecule has 0 bridgehead atoms. The number of pyridine rings is 1. The van der Waals surface area contributed by atoms with Crippen LogP contribution in [0.15, 0.2) is 36.4 Å². The van der Waals surface area contributed by atoms with E-state index >= 15 is 0 Å². The Labute approximate surface area is 236 Å². The molecule has 2 amide bonds. The highest BCUT2D eigenvalue weighted by molar-refractivity contribution is 6.32. The van der Waals surface area contributed by atoms with Gasteiger partial charge in [-0.15, -0.1) is 0 Å². The van der Waals surface area contributed by atoms with E-state index < -0.39 is 23.2 Å². The van der Waals surface area contributed by atoms with Crippen LogP contribution in [0, 0.1) is 5.41 Å². The average molecular weight is 584 g/mol. The quantitative estimate of drug-likeness (QED) is 0.490. The SMILES string of the molecule is COc1cccc(C(O)(C(=O)N2CCC3(CCC(Oc4ccc(C(=O)N(C)C)c(Cl)n4)CC3)CC2)C(F)(F)F)c1. The second-order valence-corrected chi connectivity index (χ2v) is 11.1. The van der Waals surface area contributed by atoms with Crippen molar-refractivity contribution >= 4 is 23.4 Å². The van der Waals surface area contributed by atoms with Gasteiger partial charge < -0.3 is 24.4 Å². The third-order valence-electron chi connectivity index (χ3n) is 8.06. The van der Waals surface area contributed by atoms with Gasteiger partial charge in [-0.3, -0.25) is 9.59 Å². The van der Waals surface area contributed by atoms with Crippen molar-refractivity contribution in [2.24, 2.45) is 5.41 Å². The number of hydrogen-bond donors (Lipinski definition) is 1. The molecule has 1 aliphatic heterocycles. The zero-order chi connectivity index (χ0) is 29.3. The van der Waals surface area contributed by atoms with E-state index in [1.165, 1.54) is 24.1 Å². The van der Waals surface area contributed by atoms with Crippen molar-refractivity contribution in [3.63, 3.8) is 0 Å². The third kappa shape index (κ3) is 5.85. The number of methoxy groups -OCH3 is 1. The Morgan fingerprint density at radius 2 is 1.75 bits per heavy atom. The Bertz CT molecular complexity index is 1240. The highest BCUT2D eigenvalue weighted by atomic mass is 35.5. The summed E-state index contributed by atoms with van der Waals surface area (Å²) in [5.74, 6) is -1.20. The van der Waals surface area contributed by atoms with Crippen LogP contribution in [0.25, 0.3) is 0 Å². The molecule has 1 aromatic heterocycles. The van der Waals surface area contributed by atoms with Crippen LogP contribution < -0.4 is 9.47 Å². The summed E-state index contributed by atoms with van der Waals surface area (Å²) in [5.41, 5.74) is -4.07. The molecule has 1 saturated carbocycles. The molecule has 1 aliphatic carbocycles. The Hall–Kier alpha value is -3.05. The lowest BCUT2D eigenvalue weighted by atomic mass is 9.67. The number of benzene rings is 1. The van der Waals surface area contributed by atoms with Crippen LogP contribution in [0.4, 0.5) is 13.2 Å². The number of aliphatic hydroxyl groups is 1. The number of likely N-dealkylation sites (tertiary alicyclic amines) is 1. The fraction of sp³-hybridized carbons (Fsp3) is 0.536. The summed E-state index contributed by atoms with van der Waals surface area (Å²) in [6, 6.07) is 8.06. The van der Waals surface area contributed by atoms with Crippen molar-refractivity contribution in [1.82, 2.24) is 14.8 Å². The van der Waals surface area contributed by atoms with Crippen molar-refractivity contribution in [1.29, 1.82) is 0 Å². The number of amides is 2. The van der Waals surface area contributed by atoms with Crippen molar-refractivity contribution in [2.45, 2.75) is 56.4 Å². The smallest absolute Gasteiger partial charge is 0.430 e. The molecule has 0 radical (unpaired) electrons. The van der Waals surface area contributed by atoms with E-state index in [0.717, 1.165) is 29.9 Å². The van der Waals surface area contributed by atoms with Crippen LogP contribution in [-0.2, 0) is 10.4 Å². The summed E-state index contributed by atoms with van der Waals surface area (Å²) >= 11 is 6.19. The summed E-state index contributed by atoms with van der Waals surface area (Å²) < 4.78 is 53.4. The minimum Gasteiger partial charge on any atom is -0.497 e. The Kier molecular flexibility index (Phi) is 8.56. The first-order valence-electron chi connectivity index (χ1n) is 13.1. The minimum atomic E-state index is -5.21. The van der Waals surface area contributed by atoms with Gasteiger partial charge >= 0.3 is 6.18 Å². The second-order valence-electron chi connectivity index (χ2n) is 10.7. The molecule has 4 rings (SSSR count). The summed E-state index contributed by atoms with van der Waals surface area (Å²) in [4.78, 5) is 32.1. The minimum absolute atomic E-state index is 0.0632. The summed E-state index contributed by atoms with van der Waals surface area (Å²) in [6.45, 7) is 0.233. The standard InChI is InChI=1S/C28H33ClF3N3O5/c1-34(2)24(36)21-7-8-22(33-23(21)29)40-19-9-11-26(12-10-19)13-15-35(16-14-26)25(37)27(38,28(30,31)32)18-5-4-6-20(17-18)39-3/h4-8,17,19,38H,9-16H2,1-3H3. The van der Waals surface area contributed by atoms with Crippen LogP contribution in [0.2, 0.25) is 5.15 Å². The van der Waals surface area contributed by atoms with Crippen LogP contribution >= 0.6 is 11.6 Å². The number of ether oxygens (including phenoxy) is 2. The highest BCUT2D eigenvalue weighted by Gasteiger charge is 2.62. The monoisotopic (exact) mass is 583 g/mol. The second kappa shape index (κ2) is 11.4. The molecule has 2 fully saturated rings. The normalized spacial score (nSPS) is 19.1. The molecule has 40 heavy (non-hydrogen) atoms. The topological polar surface area (TPSA) is 92.2 Å². The summed E-state index contributed by atoms with van der Waals surface area (Å²) in [6.07, 6.45) is -1.28. The van der Waals surface area contributed by atoms with Gasteiger partial charge in [0.05, 0.1) is 12.7 Å². The number of carbonyl (C=O) groups excluding carboxylic acids is 2. The largest absolute Gasteiger partial charge is 0.497 e. The number of hydrogen-bond acceptors (Lipinski definition) is 6. The van der Waals surface area contributed by atoms with Crippen LogP contribution in [0.5, 0.6) is 11.6 Å². The van der Waals surface area contributed by atoms with E-state index in [1.54, 1.807) is 26.2 Å². The lowest BCUT2D eigenvalue weighted by Gasteiger charge is -2.47. The number of carbonyl (C=O) groups is 2. The number of piperidine rings is 1. The van der Waals surface area contributed by atoms with Gasteiger partial charge in [-0.1, -0.05) is 23.7 Å². The summed E-state index contributed by atoms with van der Waals surface area (Å²) in [5, 5.41) is 10.9. The van der Waals surface area contributed by atoms with Crippen LogP contribution in [0.1, 0.15) is 54.4 Å². The molecule has 1 N–H and O–H groups in total. The molecule has 218 valence electrons. The molecule has 1 saturated heterocycles. The van der Waals surface area contributed by atoms with Crippen molar-refractivity contribution in [3.8, 4) is 11.6 Å². The predicted octanol–water partition coefficient (Wildman–Crippen LogP) is 4.83.